The van der Waals surface area contributed by atoms with E-state index in [1.165, 1.54) is 16.7 Å². The van der Waals surface area contributed by atoms with E-state index in [1.807, 2.05) is 11.6 Å². The summed E-state index contributed by atoms with van der Waals surface area (Å²) < 4.78 is 0. The maximum Gasteiger partial charge on any atom is 0.00197 e. The molecule has 0 aromatic heterocycles. The topological polar surface area (TPSA) is 35.1 Å². The maximum absolute atomic E-state index is 10.1. The fourth-order valence-corrected chi connectivity index (χ4v) is 1.73. The minimum absolute atomic E-state index is 0.424. The lowest BCUT2D eigenvalue weighted by atomic mass is 10.0. The molecule has 0 atom stereocenters. The van der Waals surface area contributed by atoms with E-state index < -0.39 is 0 Å². The van der Waals surface area contributed by atoms with Crippen LogP contribution in [-0.2, 0) is 0 Å². The van der Waals surface area contributed by atoms with Crippen molar-refractivity contribution in [3.8, 4) is 0 Å². The third-order valence-corrected chi connectivity index (χ3v) is 3.48. The van der Waals surface area contributed by atoms with E-state index in [9.17, 15) is 5.21 Å². The van der Waals surface area contributed by atoms with E-state index in [0.29, 0.717) is 12.5 Å². The van der Waals surface area contributed by atoms with Crippen LogP contribution in [0.15, 0.2) is 34.9 Å². The summed E-state index contributed by atoms with van der Waals surface area (Å²) in [6.07, 6.45) is 11.0. The Morgan fingerprint density at radius 3 is 2.00 bits per heavy atom. The number of rotatable bonds is 9. The van der Waals surface area contributed by atoms with Crippen LogP contribution in [0.3, 0.4) is 0 Å². The van der Waals surface area contributed by atoms with Crippen molar-refractivity contribution in [2.45, 2.75) is 60.3 Å². The molecule has 0 bridgehead atoms. The van der Waals surface area contributed by atoms with Crippen molar-refractivity contribution in [1.82, 2.24) is 5.48 Å². The summed E-state index contributed by atoms with van der Waals surface area (Å²) >= 11 is 0. The van der Waals surface area contributed by atoms with Crippen molar-refractivity contribution in [3.05, 3.63) is 40.2 Å². The number of allylic oxidation sites excluding steroid dienone is 5. The van der Waals surface area contributed by atoms with Gasteiger partial charge in [-0.15, -0.1) is 0 Å². The van der Waals surface area contributed by atoms with Crippen LogP contribution in [-0.4, -0.2) is 6.54 Å². The van der Waals surface area contributed by atoms with Crippen molar-refractivity contribution in [2.24, 2.45) is 5.92 Å². The number of hydrogen-bond acceptors (Lipinski definition) is 2. The molecule has 0 aromatic rings. The lowest BCUT2D eigenvalue weighted by molar-refractivity contribution is 0.758. The van der Waals surface area contributed by atoms with Gasteiger partial charge in [0.05, 0.1) is 0 Å². The van der Waals surface area contributed by atoms with Crippen LogP contribution in [0.2, 0.25) is 0 Å². The lowest BCUT2D eigenvalue weighted by Gasteiger charge is -2.06. The zero-order valence-electron chi connectivity index (χ0n) is 13.3. The molecule has 0 heterocycles. The first-order chi connectivity index (χ1) is 8.97. The van der Waals surface area contributed by atoms with Crippen molar-refractivity contribution < 1.29 is 0 Å². The van der Waals surface area contributed by atoms with E-state index in [1.54, 1.807) is 0 Å². The van der Waals surface area contributed by atoms with Crippen LogP contribution in [0, 0.1) is 11.1 Å². The van der Waals surface area contributed by atoms with Gasteiger partial charge in [-0.2, -0.15) is 0 Å². The average molecular weight is 264 g/mol. The molecule has 0 amide bonds. The van der Waals surface area contributed by atoms with Gasteiger partial charge in [0.25, 0.3) is 0 Å². The number of nitrogens with one attached hydrogen (secondary N) is 1. The molecule has 0 radical (unpaired) electrons. The van der Waals surface area contributed by atoms with Gasteiger partial charge in [-0.25, -0.2) is 0 Å². The summed E-state index contributed by atoms with van der Waals surface area (Å²) in [6, 6.07) is 0. The van der Waals surface area contributed by atoms with Gasteiger partial charge in [-0.1, -0.05) is 48.8 Å². The van der Waals surface area contributed by atoms with Crippen molar-refractivity contribution in [2.75, 3.05) is 6.54 Å². The summed E-state index contributed by atoms with van der Waals surface area (Å²) in [7, 11) is 0. The number of hydrogen-bond donors (Lipinski definition) is 1. The zero-order chi connectivity index (χ0) is 14.7. The summed E-state index contributed by atoms with van der Waals surface area (Å²) in [5.74, 6) is 0.659. The minimum Gasteiger partial charge on any atom is -0.788 e. The fraction of sp³-hybridized carbons (Fsp3) is 0.647. The Morgan fingerprint density at radius 1 is 0.947 bits per heavy atom. The third-order valence-electron chi connectivity index (χ3n) is 3.48. The van der Waals surface area contributed by atoms with Crippen LogP contribution >= 0.6 is 0 Å². The first-order valence-corrected chi connectivity index (χ1v) is 7.30. The molecule has 110 valence electrons. The van der Waals surface area contributed by atoms with Gasteiger partial charge in [0, 0.05) is 6.54 Å². The Kier molecular flexibility index (Phi) is 10.5. The highest BCUT2D eigenvalue weighted by Crippen LogP contribution is 2.13. The molecule has 0 aliphatic carbocycles. The highest BCUT2D eigenvalue weighted by molar-refractivity contribution is 5.07. The maximum atomic E-state index is 10.1. The molecule has 0 fully saturated rings. The van der Waals surface area contributed by atoms with Crippen molar-refractivity contribution in [1.29, 1.82) is 0 Å². The zero-order valence-corrected chi connectivity index (χ0v) is 13.3. The molecule has 2 nitrogen and oxygen atoms in total. The van der Waals surface area contributed by atoms with E-state index in [4.69, 9.17) is 0 Å². The number of hydroxylamine groups is 1. The highest BCUT2D eigenvalue weighted by Gasteiger charge is 1.95. The monoisotopic (exact) mass is 264 g/mol. The van der Waals surface area contributed by atoms with Gasteiger partial charge in [-0.3, -0.25) is 0 Å². The Hall–Kier alpha value is -0.860. The first-order valence-electron chi connectivity index (χ1n) is 7.30. The molecule has 19 heavy (non-hydrogen) atoms. The Bertz CT molecular complexity index is 324. The standard InChI is InChI=1S/C17H30NO/c1-14(2)17(5)11-7-10-15(3)8-6-9-16(4)12-13-18-19/h8,11-12,14,18H,6-7,9-10,13H2,1-5H3/q-1. The van der Waals surface area contributed by atoms with Gasteiger partial charge in [0.1, 0.15) is 0 Å². The molecule has 0 saturated carbocycles. The normalized spacial score (nSPS) is 14.4. The van der Waals surface area contributed by atoms with Gasteiger partial charge >= 0.3 is 0 Å². The molecule has 0 rings (SSSR count). The van der Waals surface area contributed by atoms with E-state index in [-0.39, 0.29) is 0 Å². The van der Waals surface area contributed by atoms with Crippen LogP contribution in [0.4, 0.5) is 0 Å². The molecule has 0 saturated heterocycles. The summed E-state index contributed by atoms with van der Waals surface area (Å²) in [5.41, 5.74) is 6.12. The predicted octanol–water partition coefficient (Wildman–Crippen LogP) is 5.13. The summed E-state index contributed by atoms with van der Waals surface area (Å²) in [4.78, 5) is 0. The average Bonchev–Trinajstić information content (AvgIpc) is 2.36. The molecular formula is C17H30NO-. The summed E-state index contributed by atoms with van der Waals surface area (Å²) in [5, 5.41) is 10.1. The molecule has 0 spiro atoms. The van der Waals surface area contributed by atoms with Crippen LogP contribution in [0.5, 0.6) is 0 Å². The fourth-order valence-electron chi connectivity index (χ4n) is 1.73. The smallest absolute Gasteiger partial charge is 0.00197 e. The molecule has 0 aliphatic rings. The lowest BCUT2D eigenvalue weighted by Crippen LogP contribution is -2.01. The Balaban J connectivity index is 3.92. The quantitative estimate of drug-likeness (QED) is 0.463. The molecule has 2 heteroatoms. The minimum atomic E-state index is 0.424. The highest BCUT2D eigenvalue weighted by atomic mass is 16.5. The van der Waals surface area contributed by atoms with Gasteiger partial charge in [-0.05, 0) is 52.4 Å². The Morgan fingerprint density at radius 2 is 1.47 bits per heavy atom. The van der Waals surface area contributed by atoms with E-state index in [0.717, 1.165) is 25.7 Å². The van der Waals surface area contributed by atoms with E-state index in [2.05, 4.69) is 46.8 Å². The van der Waals surface area contributed by atoms with Gasteiger partial charge in [0.15, 0.2) is 0 Å². The second-order valence-corrected chi connectivity index (χ2v) is 5.63. The molecule has 0 unspecified atom stereocenters. The van der Waals surface area contributed by atoms with Gasteiger partial charge < -0.3 is 10.7 Å². The second kappa shape index (κ2) is 11.0. The molecular weight excluding hydrogens is 234 g/mol. The SMILES string of the molecule is CC(=CCCC(C)=CCN[O-])CCC=C(C)C(C)C. The molecule has 1 N–H and O–H groups in total. The van der Waals surface area contributed by atoms with Crippen LogP contribution in [0.25, 0.3) is 0 Å². The van der Waals surface area contributed by atoms with Crippen molar-refractivity contribution in [3.63, 3.8) is 0 Å². The van der Waals surface area contributed by atoms with Crippen LogP contribution < -0.4 is 5.48 Å². The Labute approximate surface area is 119 Å². The third kappa shape index (κ3) is 10.7. The first kappa shape index (κ1) is 18.1. The van der Waals surface area contributed by atoms with E-state index >= 15 is 0 Å². The predicted molar refractivity (Wildman–Crippen MR) is 85.9 cm³/mol. The second-order valence-electron chi connectivity index (χ2n) is 5.63. The van der Waals surface area contributed by atoms with Gasteiger partial charge in [0.2, 0.25) is 0 Å². The summed E-state index contributed by atoms with van der Waals surface area (Å²) in [6.45, 7) is 11.4. The molecule has 0 aromatic carbocycles. The largest absolute Gasteiger partial charge is 0.788 e. The molecule has 0 aliphatic heterocycles. The van der Waals surface area contributed by atoms with Crippen LogP contribution in [0.1, 0.15) is 60.3 Å². The van der Waals surface area contributed by atoms with Crippen molar-refractivity contribution >= 4 is 0 Å².